The molecule has 0 fully saturated rings. The molecule has 0 saturated carbocycles. The summed E-state index contributed by atoms with van der Waals surface area (Å²) in [7, 11) is -4.09. The Morgan fingerprint density at radius 2 is 0.726 bits per heavy atom. The molecule has 3 unspecified atom stereocenters. The predicted molar refractivity (Wildman–Crippen MR) is 268 cm³/mol. The number of carboxylic acids is 1. The third-order valence-electron chi connectivity index (χ3n) is 9.76. The van der Waals surface area contributed by atoms with Crippen LogP contribution in [-0.4, -0.2) is 27.0 Å². The van der Waals surface area contributed by atoms with Gasteiger partial charge in [0.2, 0.25) is 0 Å². The first kappa shape index (κ1) is 59.6. The Kier molecular flexibility index (Phi) is 33.7. The molecule has 0 aromatic heterocycles. The normalized spacial score (nSPS) is 11.3. The van der Waals surface area contributed by atoms with Gasteiger partial charge in [0, 0.05) is 6.16 Å². The number of hydrogen-bond donors (Lipinski definition) is 3. The van der Waals surface area contributed by atoms with E-state index in [0.717, 1.165) is 6.42 Å². The highest BCUT2D eigenvalue weighted by Gasteiger charge is 2.15. The van der Waals surface area contributed by atoms with Crippen LogP contribution in [0.1, 0.15) is 127 Å². The summed E-state index contributed by atoms with van der Waals surface area (Å²) in [6.07, 6.45) is 3.47. The van der Waals surface area contributed by atoms with E-state index < -0.39 is 21.5 Å². The van der Waals surface area contributed by atoms with Gasteiger partial charge in [0.1, 0.15) is 0 Å². The average molecular weight is 900 g/mol. The van der Waals surface area contributed by atoms with Gasteiger partial charge in [-0.2, -0.15) is 0 Å². The maximum atomic E-state index is 10.6. The third-order valence-corrected chi connectivity index (χ3v) is 13.0. The molecule has 6 aromatic carbocycles. The summed E-state index contributed by atoms with van der Waals surface area (Å²) in [4.78, 5) is 26.4. The van der Waals surface area contributed by atoms with Gasteiger partial charge in [-0.15, -0.1) is 0 Å². The van der Waals surface area contributed by atoms with Crippen molar-refractivity contribution in [3.8, 4) is 0 Å². The zero-order valence-electron chi connectivity index (χ0n) is 37.4. The van der Waals surface area contributed by atoms with Crippen LogP contribution in [0.4, 0.5) is 0 Å². The van der Waals surface area contributed by atoms with Gasteiger partial charge in [-0.1, -0.05) is 220 Å². The summed E-state index contributed by atoms with van der Waals surface area (Å²) in [5, 5.41) is 12.9. The minimum Gasteiger partial charge on any atom is -1.00 e. The molecule has 0 aliphatic heterocycles. The van der Waals surface area contributed by atoms with Crippen molar-refractivity contribution in [2.24, 2.45) is 0 Å². The van der Waals surface area contributed by atoms with Crippen LogP contribution in [0.25, 0.3) is 0 Å². The van der Waals surface area contributed by atoms with Crippen molar-refractivity contribution in [2.45, 2.75) is 99.8 Å². The highest BCUT2D eigenvalue weighted by atomic mass is 35.5. The zero-order chi connectivity index (χ0) is 44.8. The van der Waals surface area contributed by atoms with Gasteiger partial charge in [0.15, 0.2) is 0 Å². The van der Waals surface area contributed by atoms with E-state index in [0.29, 0.717) is 23.3 Å². The predicted octanol–water partition coefficient (Wildman–Crippen LogP) is 11.4. The lowest BCUT2D eigenvalue weighted by molar-refractivity contribution is -0.0000331. The average Bonchev–Trinajstić information content (AvgIpc) is 3.31. The van der Waals surface area contributed by atoms with Crippen molar-refractivity contribution >= 4 is 37.4 Å². The minimum absolute atomic E-state index is 0. The molecule has 0 bridgehead atoms. The van der Waals surface area contributed by atoms with Gasteiger partial charge in [-0.25, -0.2) is 4.79 Å². The van der Waals surface area contributed by atoms with Crippen LogP contribution < -0.4 is 28.3 Å². The van der Waals surface area contributed by atoms with Crippen molar-refractivity contribution in [3.05, 3.63) is 205 Å². The maximum Gasteiger partial charge on any atom is 0.335 e. The fourth-order valence-electron chi connectivity index (χ4n) is 5.40. The third kappa shape index (κ3) is 24.2. The van der Waals surface area contributed by atoms with Crippen LogP contribution in [0.15, 0.2) is 176 Å². The SMILES string of the molecule is C.CCC(C)c1ccc(C(=O)O)cc1.CCC(C)c1ccccc1.CCC(C)c1ccccc1.CCP(=O)(O)O.[CH2+]C.[Cl-].c1ccc(P(c2ccccc2)c2ccccc2)cc1. The van der Waals surface area contributed by atoms with Gasteiger partial charge >= 0.3 is 13.6 Å². The van der Waals surface area contributed by atoms with E-state index >= 15 is 0 Å². The van der Waals surface area contributed by atoms with Crippen molar-refractivity contribution in [2.75, 3.05) is 6.16 Å². The Labute approximate surface area is 383 Å². The molecule has 336 valence electrons. The summed E-state index contributed by atoms with van der Waals surface area (Å²) in [6, 6.07) is 60.7. The maximum absolute atomic E-state index is 10.6. The fourth-order valence-corrected chi connectivity index (χ4v) is 7.71. The molecule has 0 amide bonds. The molecule has 0 heterocycles. The highest BCUT2D eigenvalue weighted by Crippen LogP contribution is 2.33. The van der Waals surface area contributed by atoms with Crippen LogP contribution in [0.3, 0.4) is 0 Å². The van der Waals surface area contributed by atoms with Crippen LogP contribution in [0.5, 0.6) is 0 Å². The smallest absolute Gasteiger partial charge is 0.335 e. The highest BCUT2D eigenvalue weighted by molar-refractivity contribution is 7.79. The van der Waals surface area contributed by atoms with E-state index in [1.165, 1.54) is 52.4 Å². The number of aromatic carboxylic acids is 1. The molecule has 8 heteroatoms. The van der Waals surface area contributed by atoms with E-state index in [4.69, 9.17) is 14.9 Å². The van der Waals surface area contributed by atoms with Crippen molar-refractivity contribution < 1.29 is 36.7 Å². The van der Waals surface area contributed by atoms with Crippen LogP contribution in [0, 0.1) is 6.92 Å². The second kappa shape index (κ2) is 35.0. The topological polar surface area (TPSA) is 94.8 Å². The Morgan fingerprint density at radius 3 is 0.935 bits per heavy atom. The van der Waals surface area contributed by atoms with E-state index in [1.54, 1.807) is 19.1 Å². The Balaban J connectivity index is 0. The molecule has 3 N–H and O–H groups in total. The second-order valence-corrected chi connectivity index (χ2v) is 18.2. The minimum atomic E-state index is -3.65. The number of rotatable bonds is 11. The summed E-state index contributed by atoms with van der Waals surface area (Å²) >= 11 is 0. The standard InChI is InChI=1S/C18H15P.C11H14O2.2C10H14.C2H7O3P.C2H5.CH4.ClH/c1-4-10-16(11-5-1)19(17-12-6-2-7-13-17)18-14-8-3-9-15-18;1-3-8(2)9-4-6-10(7-5-9)11(12)13;2*1-3-9(2)10-7-5-4-6-8-10;1-2-6(3,4)5;1-2;;/h1-15H;4-8H,3H2,1-2H3,(H,12,13);2*4-9H,3H2,1-2H3;2H2,1H3,(H2,3,4,5);1H2,2H3;1H4;1H/q;;;;;+1;;/p-1. The monoisotopic (exact) mass is 898 g/mol. The molecule has 0 aliphatic carbocycles. The van der Waals surface area contributed by atoms with E-state index in [9.17, 15) is 9.36 Å². The molecule has 6 aromatic rings. The first-order valence-corrected chi connectivity index (χ1v) is 24.1. The zero-order valence-corrected chi connectivity index (χ0v) is 40.0. The quantitative estimate of drug-likeness (QED) is 0.0889. The molecular weight excluding hydrogens is 826 g/mol. The van der Waals surface area contributed by atoms with E-state index in [1.807, 2.05) is 12.1 Å². The van der Waals surface area contributed by atoms with Gasteiger partial charge < -0.3 is 27.3 Å². The van der Waals surface area contributed by atoms with Gasteiger partial charge in [0.25, 0.3) is 0 Å². The van der Waals surface area contributed by atoms with Gasteiger partial charge in [-0.05, 0) is 89.7 Å². The fraction of sp³-hybridized carbons (Fsp3) is 0.296. The lowest BCUT2D eigenvalue weighted by atomic mass is 9.98. The summed E-state index contributed by atoms with van der Waals surface area (Å²) < 4.78 is 9.69. The van der Waals surface area contributed by atoms with Gasteiger partial charge in [-0.3, -0.25) is 4.57 Å². The molecule has 0 saturated heterocycles. The molecule has 6 rings (SSSR count). The molecule has 0 radical (unpaired) electrons. The Bertz CT molecular complexity index is 1840. The number of carboxylic acid groups (broad SMARTS) is 1. The molecule has 0 spiro atoms. The van der Waals surface area contributed by atoms with Gasteiger partial charge in [0.05, 0.1) is 19.4 Å². The second-order valence-electron chi connectivity index (χ2n) is 14.0. The van der Waals surface area contributed by atoms with Crippen molar-refractivity contribution in [1.29, 1.82) is 0 Å². The number of carbonyl (C=O) groups is 1. The van der Waals surface area contributed by atoms with Crippen LogP contribution >= 0.6 is 15.5 Å². The largest absolute Gasteiger partial charge is 1.00 e. The number of benzene rings is 6. The molecule has 62 heavy (non-hydrogen) atoms. The molecule has 3 atom stereocenters. The number of hydrogen-bond acceptors (Lipinski definition) is 2. The lowest BCUT2D eigenvalue weighted by Crippen LogP contribution is -3.00. The Hall–Kier alpha value is -4.47. The lowest BCUT2D eigenvalue weighted by Gasteiger charge is -2.18. The van der Waals surface area contributed by atoms with E-state index in [2.05, 4.69) is 200 Å². The number of halogens is 1. The molecular formula is C54H73ClO5P2. The Morgan fingerprint density at radius 1 is 0.500 bits per heavy atom. The molecule has 0 aliphatic rings. The summed E-state index contributed by atoms with van der Waals surface area (Å²) in [5.74, 6) is 1.06. The first-order valence-electron chi connectivity index (χ1n) is 21.0. The summed E-state index contributed by atoms with van der Waals surface area (Å²) in [6.45, 7) is 19.7. The van der Waals surface area contributed by atoms with Crippen LogP contribution in [0.2, 0.25) is 0 Å². The summed E-state index contributed by atoms with van der Waals surface area (Å²) in [5.41, 5.74) is 4.45. The molecule has 5 nitrogen and oxygen atoms in total. The first-order chi connectivity index (χ1) is 28.8. The van der Waals surface area contributed by atoms with Crippen LogP contribution in [-0.2, 0) is 4.57 Å². The van der Waals surface area contributed by atoms with E-state index in [-0.39, 0.29) is 26.0 Å². The van der Waals surface area contributed by atoms with Crippen molar-refractivity contribution in [3.63, 3.8) is 0 Å². The van der Waals surface area contributed by atoms with Crippen molar-refractivity contribution in [1.82, 2.24) is 0 Å².